The van der Waals surface area contributed by atoms with Crippen molar-refractivity contribution >= 4 is 17.1 Å². The lowest BCUT2D eigenvalue weighted by Gasteiger charge is -2.26. The Morgan fingerprint density at radius 3 is 1.20 bits per heavy atom. The molecule has 0 heterocycles. The molecule has 6 bridgehead atoms. The van der Waals surface area contributed by atoms with E-state index in [0.717, 1.165) is 17.1 Å². The zero-order chi connectivity index (χ0) is 36.3. The Kier molecular flexibility index (Phi) is 7.25. The lowest BCUT2D eigenvalue weighted by atomic mass is 9.83. The molecular weight excluding hydrogens is 663 g/mol. The number of fused-ring (bicyclic) bond motifs is 4. The van der Waals surface area contributed by atoms with Crippen molar-refractivity contribution in [1.29, 1.82) is 0 Å². The van der Waals surface area contributed by atoms with Crippen LogP contribution in [0.15, 0.2) is 212 Å². The van der Waals surface area contributed by atoms with Gasteiger partial charge in [0.2, 0.25) is 0 Å². The fourth-order valence-electron chi connectivity index (χ4n) is 8.82. The van der Waals surface area contributed by atoms with E-state index in [9.17, 15) is 0 Å². The molecule has 256 valence electrons. The largest absolute Gasteiger partial charge is 0.310 e. The highest BCUT2D eigenvalue weighted by molar-refractivity contribution is 6.15. The summed E-state index contributed by atoms with van der Waals surface area (Å²) < 4.78 is 0. The first-order valence-electron chi connectivity index (χ1n) is 19.0. The van der Waals surface area contributed by atoms with Crippen LogP contribution in [-0.2, 0) is 0 Å². The van der Waals surface area contributed by atoms with E-state index >= 15 is 0 Å². The Labute approximate surface area is 322 Å². The summed E-state index contributed by atoms with van der Waals surface area (Å²) in [6.07, 6.45) is 0. The quantitative estimate of drug-likeness (QED) is 0.167. The maximum absolute atomic E-state index is 2.42. The van der Waals surface area contributed by atoms with Crippen molar-refractivity contribution in [1.82, 2.24) is 0 Å². The lowest BCUT2D eigenvalue weighted by Crippen LogP contribution is -2.10. The molecule has 0 aromatic heterocycles. The van der Waals surface area contributed by atoms with Crippen LogP contribution in [0.5, 0.6) is 0 Å². The van der Waals surface area contributed by atoms with E-state index in [-0.39, 0.29) is 0 Å². The SMILES string of the molecule is c1ccc(-c2ccc(N(c3ccc(-c4ccc5c(c4)-c4c6cccc4-c4cccc-5c4-c4ccccc4-6)cc3)c3cccc(-c4ccccc4)c3)cc2)cc1. The predicted octanol–water partition coefficient (Wildman–Crippen LogP) is 15.1. The number of hydrogen-bond acceptors (Lipinski definition) is 1. The molecule has 9 aromatic rings. The molecule has 1 nitrogen and oxygen atoms in total. The molecular formula is C54H35N. The monoisotopic (exact) mass is 697 g/mol. The molecule has 0 N–H and O–H groups in total. The normalized spacial score (nSPS) is 11.6. The average Bonchev–Trinajstić information content (AvgIpc) is 3.37. The molecule has 55 heavy (non-hydrogen) atoms. The Hall–Kier alpha value is -7.22. The lowest BCUT2D eigenvalue weighted by molar-refractivity contribution is 1.28. The number of rotatable bonds is 6. The molecule has 1 heteroatoms. The molecule has 0 saturated heterocycles. The highest BCUT2D eigenvalue weighted by Crippen LogP contribution is 2.57. The Morgan fingerprint density at radius 1 is 0.200 bits per heavy atom. The first kappa shape index (κ1) is 31.3. The van der Waals surface area contributed by atoms with E-state index < -0.39 is 0 Å². The molecule has 2 aliphatic carbocycles. The summed E-state index contributed by atoms with van der Waals surface area (Å²) in [5.41, 5.74) is 23.6. The van der Waals surface area contributed by atoms with Crippen molar-refractivity contribution in [2.75, 3.05) is 4.90 Å². The van der Waals surface area contributed by atoms with Crippen LogP contribution in [0.4, 0.5) is 17.1 Å². The minimum absolute atomic E-state index is 1.11. The van der Waals surface area contributed by atoms with E-state index in [0.29, 0.717) is 0 Å². The van der Waals surface area contributed by atoms with Crippen molar-refractivity contribution in [3.8, 4) is 89.0 Å². The molecule has 9 aromatic carbocycles. The molecule has 0 aliphatic heterocycles. The zero-order valence-corrected chi connectivity index (χ0v) is 30.2. The second kappa shape index (κ2) is 12.7. The standard InChI is InChI=1S/C54H35N/c1-3-12-36(13-4-1)38-24-29-42(30-25-38)55(44-17-9-16-40(34-44)37-14-5-2-6-15-37)43-31-26-39(27-32-43)41-28-33-46-49-21-11-22-50-51-23-10-20-48(54(51)52(46)35-41)45-18-7-8-19-47(45)53(49)50/h1-35H. The minimum atomic E-state index is 1.11. The van der Waals surface area contributed by atoms with Crippen LogP contribution in [0, 0.1) is 0 Å². The van der Waals surface area contributed by atoms with Crippen LogP contribution in [0.2, 0.25) is 0 Å². The summed E-state index contributed by atoms with van der Waals surface area (Å²) in [5.74, 6) is 0. The van der Waals surface area contributed by atoms with Gasteiger partial charge >= 0.3 is 0 Å². The van der Waals surface area contributed by atoms with E-state index in [1.807, 2.05) is 0 Å². The van der Waals surface area contributed by atoms with Gasteiger partial charge in [-0.15, -0.1) is 0 Å². The Bertz CT molecular complexity index is 2860. The van der Waals surface area contributed by atoms with Gasteiger partial charge in [-0.1, -0.05) is 170 Å². The Balaban J connectivity index is 1.02. The molecule has 0 amide bonds. The summed E-state index contributed by atoms with van der Waals surface area (Å²) >= 11 is 0. The summed E-state index contributed by atoms with van der Waals surface area (Å²) in [6, 6.07) is 77.7. The van der Waals surface area contributed by atoms with E-state index in [4.69, 9.17) is 0 Å². The van der Waals surface area contributed by atoms with Crippen molar-refractivity contribution in [3.05, 3.63) is 212 Å². The van der Waals surface area contributed by atoms with Gasteiger partial charge in [-0.2, -0.15) is 0 Å². The maximum Gasteiger partial charge on any atom is 0.0467 e. The predicted molar refractivity (Wildman–Crippen MR) is 232 cm³/mol. The van der Waals surface area contributed by atoms with Gasteiger partial charge in [0.05, 0.1) is 0 Å². The molecule has 11 rings (SSSR count). The van der Waals surface area contributed by atoms with Gasteiger partial charge < -0.3 is 4.90 Å². The van der Waals surface area contributed by atoms with Crippen LogP contribution in [0.1, 0.15) is 0 Å². The fourth-order valence-corrected chi connectivity index (χ4v) is 8.82. The van der Waals surface area contributed by atoms with Crippen LogP contribution in [-0.4, -0.2) is 0 Å². The van der Waals surface area contributed by atoms with Gasteiger partial charge in [-0.25, -0.2) is 0 Å². The summed E-state index contributed by atoms with van der Waals surface area (Å²) in [6.45, 7) is 0. The molecule has 0 saturated carbocycles. The number of anilines is 3. The minimum Gasteiger partial charge on any atom is -0.310 e. The van der Waals surface area contributed by atoms with E-state index in [1.165, 1.54) is 89.0 Å². The Morgan fingerprint density at radius 2 is 0.582 bits per heavy atom. The van der Waals surface area contributed by atoms with Crippen LogP contribution in [0.25, 0.3) is 89.0 Å². The third kappa shape index (κ3) is 5.16. The number of hydrogen-bond donors (Lipinski definition) is 0. The zero-order valence-electron chi connectivity index (χ0n) is 30.2. The molecule has 0 radical (unpaired) electrons. The van der Waals surface area contributed by atoms with Crippen LogP contribution >= 0.6 is 0 Å². The first-order valence-corrected chi connectivity index (χ1v) is 19.0. The highest BCUT2D eigenvalue weighted by Gasteiger charge is 2.30. The van der Waals surface area contributed by atoms with Gasteiger partial charge in [0.1, 0.15) is 0 Å². The van der Waals surface area contributed by atoms with Crippen molar-refractivity contribution < 1.29 is 0 Å². The third-order valence-corrected chi connectivity index (χ3v) is 11.4. The average molecular weight is 698 g/mol. The summed E-state index contributed by atoms with van der Waals surface area (Å²) in [5, 5.41) is 0. The van der Waals surface area contributed by atoms with E-state index in [2.05, 4.69) is 217 Å². The van der Waals surface area contributed by atoms with Gasteiger partial charge in [-0.3, -0.25) is 0 Å². The van der Waals surface area contributed by atoms with Gasteiger partial charge in [-0.05, 0) is 131 Å². The van der Waals surface area contributed by atoms with Gasteiger partial charge in [0.25, 0.3) is 0 Å². The van der Waals surface area contributed by atoms with Gasteiger partial charge in [0, 0.05) is 17.1 Å². The van der Waals surface area contributed by atoms with Crippen LogP contribution in [0.3, 0.4) is 0 Å². The second-order valence-corrected chi connectivity index (χ2v) is 14.5. The maximum atomic E-state index is 2.42. The topological polar surface area (TPSA) is 3.24 Å². The number of benzene rings is 9. The molecule has 0 unspecified atom stereocenters. The molecule has 0 atom stereocenters. The molecule has 0 fully saturated rings. The first-order chi connectivity index (χ1) is 27.3. The van der Waals surface area contributed by atoms with Crippen molar-refractivity contribution in [2.24, 2.45) is 0 Å². The smallest absolute Gasteiger partial charge is 0.0467 e. The van der Waals surface area contributed by atoms with E-state index in [1.54, 1.807) is 0 Å². The highest BCUT2D eigenvalue weighted by atomic mass is 15.1. The summed E-state index contributed by atoms with van der Waals surface area (Å²) in [7, 11) is 0. The molecule has 0 spiro atoms. The fraction of sp³-hybridized carbons (Fsp3) is 0. The van der Waals surface area contributed by atoms with Crippen molar-refractivity contribution in [2.45, 2.75) is 0 Å². The van der Waals surface area contributed by atoms with Crippen molar-refractivity contribution in [3.63, 3.8) is 0 Å². The third-order valence-electron chi connectivity index (χ3n) is 11.4. The second-order valence-electron chi connectivity index (χ2n) is 14.5. The molecule has 2 aliphatic rings. The van der Waals surface area contributed by atoms with Gasteiger partial charge in [0.15, 0.2) is 0 Å². The number of nitrogens with zero attached hydrogens (tertiary/aromatic N) is 1. The van der Waals surface area contributed by atoms with Crippen LogP contribution < -0.4 is 4.90 Å². The summed E-state index contributed by atoms with van der Waals surface area (Å²) in [4.78, 5) is 2.36.